The van der Waals surface area contributed by atoms with Gasteiger partial charge in [-0.15, -0.1) is 0 Å². The second kappa shape index (κ2) is 11.5. The highest BCUT2D eigenvalue weighted by Gasteiger charge is 2.34. The van der Waals surface area contributed by atoms with Crippen LogP contribution in [-0.2, 0) is 9.59 Å². The average Bonchev–Trinajstić information content (AvgIpc) is 2.56. The van der Waals surface area contributed by atoms with Crippen LogP contribution in [0.2, 0.25) is 0 Å². The number of nitrogens with zero attached hydrogens (tertiary/aromatic N) is 2. The predicted octanol–water partition coefficient (Wildman–Crippen LogP) is 1.99. The number of carbonyl (C=O) groups excluding carboxylic acids is 2. The molecule has 0 unspecified atom stereocenters. The van der Waals surface area contributed by atoms with Gasteiger partial charge < -0.3 is 10.6 Å². The summed E-state index contributed by atoms with van der Waals surface area (Å²) in [5.41, 5.74) is 0. The largest absolute Gasteiger partial charge is 0.353 e. The van der Waals surface area contributed by atoms with Crippen LogP contribution in [0, 0.1) is 0 Å². The molecular weight excluding hydrogens is 328 g/mol. The third-order valence-corrected chi connectivity index (χ3v) is 5.04. The third kappa shape index (κ3) is 7.62. The van der Waals surface area contributed by atoms with Gasteiger partial charge in [0, 0.05) is 24.2 Å². The minimum absolute atomic E-state index is 0.0896. The fourth-order valence-electron chi connectivity index (χ4n) is 3.97. The molecule has 0 aromatic rings. The van der Waals surface area contributed by atoms with E-state index in [4.69, 9.17) is 0 Å². The molecule has 0 aromatic carbocycles. The maximum absolute atomic E-state index is 12.3. The number of nitrogens with one attached hydrogen (secondary N) is 2. The zero-order valence-corrected chi connectivity index (χ0v) is 17.7. The van der Waals surface area contributed by atoms with Gasteiger partial charge in [0.1, 0.15) is 0 Å². The minimum Gasteiger partial charge on any atom is -0.353 e. The fourth-order valence-corrected chi connectivity index (χ4v) is 3.97. The Kier molecular flexibility index (Phi) is 10.2. The van der Waals surface area contributed by atoms with E-state index in [1.165, 1.54) is 12.8 Å². The molecule has 0 bridgehead atoms. The van der Waals surface area contributed by atoms with Crippen LogP contribution in [0.25, 0.3) is 0 Å². The first-order valence-electron chi connectivity index (χ1n) is 10.3. The Morgan fingerprint density at radius 1 is 0.808 bits per heavy atom. The summed E-state index contributed by atoms with van der Waals surface area (Å²) in [6, 6.07) is 0.988. The summed E-state index contributed by atoms with van der Waals surface area (Å²) in [6.07, 6.45) is 4.57. The molecule has 152 valence electrons. The standard InChI is InChI=1S/C20H40N4O2/c1-7-23(13-19(25)21-15(3)4)17-11-9-10-12-18(17)24(8-2)14-20(26)22-16(5)6/h15-18H,7-14H2,1-6H3,(H,21,25)(H,22,26)/t17-,18+. The molecule has 1 fully saturated rings. The van der Waals surface area contributed by atoms with E-state index in [0.717, 1.165) is 25.9 Å². The summed E-state index contributed by atoms with van der Waals surface area (Å²) in [4.78, 5) is 29.2. The van der Waals surface area contributed by atoms with Crippen LogP contribution in [-0.4, -0.2) is 72.0 Å². The van der Waals surface area contributed by atoms with E-state index in [0.29, 0.717) is 25.2 Å². The van der Waals surface area contributed by atoms with Crippen molar-refractivity contribution < 1.29 is 9.59 Å². The Morgan fingerprint density at radius 2 is 1.15 bits per heavy atom. The first-order chi connectivity index (χ1) is 12.3. The van der Waals surface area contributed by atoms with E-state index < -0.39 is 0 Å². The summed E-state index contributed by atoms with van der Waals surface area (Å²) in [5.74, 6) is 0.179. The van der Waals surface area contributed by atoms with E-state index in [-0.39, 0.29) is 23.9 Å². The van der Waals surface area contributed by atoms with Crippen molar-refractivity contribution in [2.24, 2.45) is 0 Å². The van der Waals surface area contributed by atoms with Crippen molar-refractivity contribution in [3.05, 3.63) is 0 Å². The quantitative estimate of drug-likeness (QED) is 0.619. The lowest BCUT2D eigenvalue weighted by Crippen LogP contribution is -2.57. The van der Waals surface area contributed by atoms with Crippen molar-refractivity contribution in [3.8, 4) is 0 Å². The summed E-state index contributed by atoms with van der Waals surface area (Å²) in [6.45, 7) is 14.8. The molecule has 1 aliphatic rings. The van der Waals surface area contributed by atoms with Crippen molar-refractivity contribution in [1.29, 1.82) is 0 Å². The Morgan fingerprint density at radius 3 is 1.42 bits per heavy atom. The van der Waals surface area contributed by atoms with E-state index in [1.54, 1.807) is 0 Å². The van der Waals surface area contributed by atoms with E-state index >= 15 is 0 Å². The fraction of sp³-hybridized carbons (Fsp3) is 0.900. The molecular formula is C20H40N4O2. The molecule has 0 radical (unpaired) electrons. The molecule has 0 aromatic heterocycles. The number of rotatable bonds is 10. The van der Waals surface area contributed by atoms with Gasteiger partial charge in [-0.05, 0) is 53.6 Å². The number of amides is 2. The van der Waals surface area contributed by atoms with Gasteiger partial charge in [-0.2, -0.15) is 0 Å². The Balaban J connectivity index is 2.81. The number of likely N-dealkylation sites (N-methyl/N-ethyl adjacent to an activating group) is 2. The topological polar surface area (TPSA) is 64.7 Å². The van der Waals surface area contributed by atoms with Crippen molar-refractivity contribution in [1.82, 2.24) is 20.4 Å². The van der Waals surface area contributed by atoms with Crippen molar-refractivity contribution in [2.45, 2.75) is 91.4 Å². The number of hydrogen-bond donors (Lipinski definition) is 2. The minimum atomic E-state index is 0.0896. The van der Waals surface area contributed by atoms with Crippen molar-refractivity contribution in [2.75, 3.05) is 26.2 Å². The molecule has 26 heavy (non-hydrogen) atoms. The van der Waals surface area contributed by atoms with Crippen LogP contribution >= 0.6 is 0 Å². The van der Waals surface area contributed by atoms with Crippen LogP contribution in [0.1, 0.15) is 67.2 Å². The molecule has 1 saturated carbocycles. The lowest BCUT2D eigenvalue weighted by atomic mass is 9.87. The molecule has 2 atom stereocenters. The average molecular weight is 369 g/mol. The maximum atomic E-state index is 12.3. The second-order valence-corrected chi connectivity index (χ2v) is 7.99. The van der Waals surface area contributed by atoms with E-state index in [2.05, 4.69) is 34.3 Å². The highest BCUT2D eigenvalue weighted by atomic mass is 16.2. The Labute approximate surface area is 160 Å². The maximum Gasteiger partial charge on any atom is 0.234 e. The van der Waals surface area contributed by atoms with Gasteiger partial charge in [-0.25, -0.2) is 0 Å². The van der Waals surface area contributed by atoms with Gasteiger partial charge in [0.25, 0.3) is 0 Å². The van der Waals surface area contributed by atoms with Crippen LogP contribution in [0.5, 0.6) is 0 Å². The SMILES string of the molecule is CCN(CC(=O)NC(C)C)[C@@H]1CCCC[C@@H]1N(CC)CC(=O)NC(C)C. The molecule has 0 saturated heterocycles. The number of carbonyl (C=O) groups is 2. The van der Waals surface area contributed by atoms with Gasteiger partial charge in [0.15, 0.2) is 0 Å². The molecule has 2 amide bonds. The molecule has 6 heteroatoms. The zero-order chi connectivity index (χ0) is 19.7. The number of hydrogen-bond acceptors (Lipinski definition) is 4. The second-order valence-electron chi connectivity index (χ2n) is 7.99. The van der Waals surface area contributed by atoms with Crippen LogP contribution in [0.4, 0.5) is 0 Å². The Bertz CT molecular complexity index is 400. The monoisotopic (exact) mass is 368 g/mol. The summed E-state index contributed by atoms with van der Waals surface area (Å²) in [5, 5.41) is 6.00. The van der Waals surface area contributed by atoms with E-state index in [9.17, 15) is 9.59 Å². The summed E-state index contributed by atoms with van der Waals surface area (Å²) >= 11 is 0. The molecule has 1 aliphatic carbocycles. The summed E-state index contributed by atoms with van der Waals surface area (Å²) < 4.78 is 0. The van der Waals surface area contributed by atoms with Gasteiger partial charge in [-0.1, -0.05) is 26.7 Å². The zero-order valence-electron chi connectivity index (χ0n) is 17.7. The molecule has 2 N–H and O–H groups in total. The van der Waals surface area contributed by atoms with Gasteiger partial charge in [0.2, 0.25) is 11.8 Å². The normalized spacial score (nSPS) is 20.8. The first kappa shape index (κ1) is 22.9. The molecule has 6 nitrogen and oxygen atoms in total. The van der Waals surface area contributed by atoms with Gasteiger partial charge in [0.05, 0.1) is 13.1 Å². The Hall–Kier alpha value is -1.14. The molecule has 0 spiro atoms. The van der Waals surface area contributed by atoms with Gasteiger partial charge in [-0.3, -0.25) is 19.4 Å². The highest BCUT2D eigenvalue weighted by molar-refractivity contribution is 5.78. The lowest BCUT2D eigenvalue weighted by molar-refractivity contribution is -0.126. The molecule has 0 aliphatic heterocycles. The predicted molar refractivity (Wildman–Crippen MR) is 107 cm³/mol. The molecule has 0 heterocycles. The van der Waals surface area contributed by atoms with Crippen molar-refractivity contribution in [3.63, 3.8) is 0 Å². The lowest BCUT2D eigenvalue weighted by Gasteiger charge is -2.44. The van der Waals surface area contributed by atoms with Crippen LogP contribution < -0.4 is 10.6 Å². The highest BCUT2D eigenvalue weighted by Crippen LogP contribution is 2.27. The van der Waals surface area contributed by atoms with Crippen molar-refractivity contribution >= 4 is 11.8 Å². The summed E-state index contributed by atoms with van der Waals surface area (Å²) in [7, 11) is 0. The van der Waals surface area contributed by atoms with Crippen LogP contribution in [0.3, 0.4) is 0 Å². The first-order valence-corrected chi connectivity index (χ1v) is 10.3. The smallest absolute Gasteiger partial charge is 0.234 e. The van der Waals surface area contributed by atoms with E-state index in [1.807, 2.05) is 27.7 Å². The third-order valence-electron chi connectivity index (χ3n) is 5.04. The molecule has 1 rings (SSSR count). The van der Waals surface area contributed by atoms with Gasteiger partial charge >= 0.3 is 0 Å². The van der Waals surface area contributed by atoms with Crippen LogP contribution in [0.15, 0.2) is 0 Å².